The fraction of sp³-hybridized carbons (Fsp3) is 0.105. The molecule has 0 bridgehead atoms. The monoisotopic (exact) mass is 307 g/mol. The summed E-state index contributed by atoms with van der Waals surface area (Å²) < 4.78 is 5.62. The van der Waals surface area contributed by atoms with Gasteiger partial charge in [-0.2, -0.15) is 0 Å². The van der Waals surface area contributed by atoms with Gasteiger partial charge in [-0.25, -0.2) is 5.06 Å². The molecule has 3 rings (SSSR count). The summed E-state index contributed by atoms with van der Waals surface area (Å²) in [5.74, 6) is 0.275. The summed E-state index contributed by atoms with van der Waals surface area (Å²) in [6, 6.07) is 22.5. The van der Waals surface area contributed by atoms with Crippen molar-refractivity contribution in [3.8, 4) is 5.75 Å². The van der Waals surface area contributed by atoms with Crippen molar-refractivity contribution < 1.29 is 14.7 Å². The highest BCUT2D eigenvalue weighted by Crippen LogP contribution is 2.20. The summed E-state index contributed by atoms with van der Waals surface area (Å²) in [6.07, 6.45) is 0. The van der Waals surface area contributed by atoms with Gasteiger partial charge in [0.25, 0.3) is 5.91 Å². The first-order valence-electron chi connectivity index (χ1n) is 7.41. The summed E-state index contributed by atoms with van der Waals surface area (Å²) in [4.78, 5) is 12.0. The van der Waals surface area contributed by atoms with E-state index in [0.29, 0.717) is 16.4 Å². The second kappa shape index (κ2) is 6.94. The number of hydroxylamine groups is 2. The molecule has 4 nitrogen and oxygen atoms in total. The van der Waals surface area contributed by atoms with E-state index in [1.54, 1.807) is 24.3 Å². The third-order valence-corrected chi connectivity index (χ3v) is 3.55. The van der Waals surface area contributed by atoms with Gasteiger partial charge in [0.1, 0.15) is 12.4 Å². The van der Waals surface area contributed by atoms with Crippen LogP contribution in [0, 0.1) is 0 Å². The van der Waals surface area contributed by atoms with Crippen LogP contribution in [0.15, 0.2) is 72.8 Å². The van der Waals surface area contributed by atoms with E-state index in [0.717, 1.165) is 10.8 Å². The SMILES string of the molecule is O=C(c1ccccc1)N(O)CCOc1ccc2ccccc2c1. The van der Waals surface area contributed by atoms with Crippen molar-refractivity contribution >= 4 is 16.7 Å². The van der Waals surface area contributed by atoms with Gasteiger partial charge in [-0.1, -0.05) is 48.5 Å². The van der Waals surface area contributed by atoms with E-state index in [2.05, 4.69) is 0 Å². The van der Waals surface area contributed by atoms with E-state index in [-0.39, 0.29) is 13.2 Å². The van der Waals surface area contributed by atoms with Gasteiger partial charge in [0, 0.05) is 5.56 Å². The second-order valence-corrected chi connectivity index (χ2v) is 5.15. The Morgan fingerprint density at radius 2 is 1.61 bits per heavy atom. The Morgan fingerprint density at radius 1 is 0.913 bits per heavy atom. The van der Waals surface area contributed by atoms with Crippen LogP contribution >= 0.6 is 0 Å². The summed E-state index contributed by atoms with van der Waals surface area (Å²) in [5, 5.41) is 12.7. The Balaban J connectivity index is 1.56. The average Bonchev–Trinajstić information content (AvgIpc) is 2.61. The van der Waals surface area contributed by atoms with Crippen LogP contribution in [0.2, 0.25) is 0 Å². The molecule has 0 saturated carbocycles. The lowest BCUT2D eigenvalue weighted by atomic mass is 10.1. The van der Waals surface area contributed by atoms with E-state index in [1.165, 1.54) is 0 Å². The molecule has 0 aliphatic carbocycles. The molecule has 1 N–H and O–H groups in total. The minimum Gasteiger partial charge on any atom is -0.492 e. The first-order chi connectivity index (χ1) is 11.2. The average molecular weight is 307 g/mol. The Bertz CT molecular complexity index is 802. The zero-order chi connectivity index (χ0) is 16.1. The van der Waals surface area contributed by atoms with Gasteiger partial charge >= 0.3 is 0 Å². The minimum atomic E-state index is -0.437. The normalized spacial score (nSPS) is 10.5. The Morgan fingerprint density at radius 3 is 2.39 bits per heavy atom. The smallest absolute Gasteiger partial charge is 0.277 e. The van der Waals surface area contributed by atoms with E-state index < -0.39 is 5.91 Å². The second-order valence-electron chi connectivity index (χ2n) is 5.15. The summed E-state index contributed by atoms with van der Waals surface area (Å²) in [7, 11) is 0. The van der Waals surface area contributed by atoms with Crippen molar-refractivity contribution in [1.29, 1.82) is 0 Å². The maximum Gasteiger partial charge on any atom is 0.277 e. The molecule has 0 fully saturated rings. The van der Waals surface area contributed by atoms with Crippen LogP contribution in [0.4, 0.5) is 0 Å². The highest BCUT2D eigenvalue weighted by atomic mass is 16.5. The van der Waals surface area contributed by atoms with Gasteiger partial charge in [0.05, 0.1) is 6.54 Å². The zero-order valence-corrected chi connectivity index (χ0v) is 12.6. The van der Waals surface area contributed by atoms with Crippen LogP contribution < -0.4 is 4.74 Å². The molecule has 4 heteroatoms. The molecular formula is C19H17NO3. The third kappa shape index (κ3) is 3.67. The molecule has 0 aliphatic heterocycles. The molecule has 0 radical (unpaired) electrons. The van der Waals surface area contributed by atoms with Gasteiger partial charge in [-0.15, -0.1) is 0 Å². The van der Waals surface area contributed by atoms with Crippen LogP contribution in [0.5, 0.6) is 5.75 Å². The molecule has 23 heavy (non-hydrogen) atoms. The fourth-order valence-electron chi connectivity index (χ4n) is 2.34. The molecule has 3 aromatic carbocycles. The number of fused-ring (bicyclic) bond motifs is 1. The first kappa shape index (κ1) is 15.1. The molecular weight excluding hydrogens is 290 g/mol. The third-order valence-electron chi connectivity index (χ3n) is 3.55. The number of carbonyl (C=O) groups excluding carboxylic acids is 1. The van der Waals surface area contributed by atoms with Crippen molar-refractivity contribution in [1.82, 2.24) is 5.06 Å². The number of amides is 1. The molecule has 0 unspecified atom stereocenters. The standard InChI is InChI=1S/C19H17NO3/c21-19(16-7-2-1-3-8-16)20(22)12-13-23-18-11-10-15-6-4-5-9-17(15)14-18/h1-11,14,22H,12-13H2. The lowest BCUT2D eigenvalue weighted by Gasteiger charge is -2.15. The number of nitrogens with zero attached hydrogens (tertiary/aromatic N) is 1. The number of rotatable bonds is 5. The van der Waals surface area contributed by atoms with Crippen LogP contribution in [-0.2, 0) is 0 Å². The van der Waals surface area contributed by atoms with Crippen molar-refractivity contribution in [2.75, 3.05) is 13.2 Å². The molecule has 116 valence electrons. The maximum absolute atomic E-state index is 12.0. The first-order valence-corrected chi connectivity index (χ1v) is 7.41. The summed E-state index contributed by atoms with van der Waals surface area (Å²) in [5.41, 5.74) is 0.445. The van der Waals surface area contributed by atoms with Gasteiger partial charge in [0.2, 0.25) is 0 Å². The van der Waals surface area contributed by atoms with E-state index in [1.807, 2.05) is 48.5 Å². The predicted octanol–water partition coefficient (Wildman–Crippen LogP) is 3.75. The molecule has 0 saturated heterocycles. The number of carbonyl (C=O) groups is 1. The van der Waals surface area contributed by atoms with E-state index >= 15 is 0 Å². The quantitative estimate of drug-likeness (QED) is 0.577. The predicted molar refractivity (Wildman–Crippen MR) is 88.7 cm³/mol. The molecule has 3 aromatic rings. The topological polar surface area (TPSA) is 49.8 Å². The van der Waals surface area contributed by atoms with E-state index in [9.17, 15) is 10.0 Å². The van der Waals surface area contributed by atoms with Crippen molar-refractivity contribution in [2.45, 2.75) is 0 Å². The molecule has 0 aromatic heterocycles. The van der Waals surface area contributed by atoms with Gasteiger partial charge in [0.15, 0.2) is 0 Å². The number of benzene rings is 3. The molecule has 1 amide bonds. The lowest BCUT2D eigenvalue weighted by Crippen LogP contribution is -2.31. The van der Waals surface area contributed by atoms with Crippen LogP contribution in [0.3, 0.4) is 0 Å². The van der Waals surface area contributed by atoms with Crippen LogP contribution in [-0.4, -0.2) is 29.3 Å². The van der Waals surface area contributed by atoms with E-state index in [4.69, 9.17) is 4.74 Å². The summed E-state index contributed by atoms with van der Waals surface area (Å²) >= 11 is 0. The molecule has 0 heterocycles. The number of hydrogen-bond acceptors (Lipinski definition) is 3. The van der Waals surface area contributed by atoms with Crippen molar-refractivity contribution in [3.05, 3.63) is 78.4 Å². The summed E-state index contributed by atoms with van der Waals surface area (Å²) in [6.45, 7) is 0.313. The van der Waals surface area contributed by atoms with Gasteiger partial charge in [-0.05, 0) is 35.0 Å². The van der Waals surface area contributed by atoms with Crippen molar-refractivity contribution in [3.63, 3.8) is 0 Å². The lowest BCUT2D eigenvalue weighted by molar-refractivity contribution is -0.0636. The Kier molecular flexibility index (Phi) is 4.54. The minimum absolute atomic E-state index is 0.0978. The zero-order valence-electron chi connectivity index (χ0n) is 12.6. The number of hydrogen-bond donors (Lipinski definition) is 1. The van der Waals surface area contributed by atoms with Crippen LogP contribution in [0.25, 0.3) is 10.8 Å². The molecule has 0 atom stereocenters. The Hall–Kier alpha value is -2.85. The highest BCUT2D eigenvalue weighted by Gasteiger charge is 2.12. The van der Waals surface area contributed by atoms with Crippen LogP contribution in [0.1, 0.15) is 10.4 Å². The maximum atomic E-state index is 12.0. The highest BCUT2D eigenvalue weighted by molar-refractivity contribution is 5.93. The Labute approximate surface area is 134 Å². The largest absolute Gasteiger partial charge is 0.492 e. The van der Waals surface area contributed by atoms with Crippen molar-refractivity contribution in [2.24, 2.45) is 0 Å². The fourth-order valence-corrected chi connectivity index (χ4v) is 2.34. The number of ether oxygens (including phenoxy) is 1. The molecule has 0 aliphatic rings. The molecule has 0 spiro atoms. The van der Waals surface area contributed by atoms with Gasteiger partial charge in [-0.3, -0.25) is 10.0 Å². The van der Waals surface area contributed by atoms with Gasteiger partial charge < -0.3 is 4.74 Å².